The van der Waals surface area contributed by atoms with Gasteiger partial charge in [0.2, 0.25) is 5.91 Å². The Labute approximate surface area is 121 Å². The third-order valence-electron chi connectivity index (χ3n) is 3.95. The zero-order valence-corrected chi connectivity index (χ0v) is 12.9. The molecule has 0 aromatic carbocycles. The van der Waals surface area contributed by atoms with E-state index in [0.717, 1.165) is 12.8 Å². The van der Waals surface area contributed by atoms with Crippen molar-refractivity contribution in [2.45, 2.75) is 58.0 Å². The Hall–Kier alpha value is -1.10. The van der Waals surface area contributed by atoms with Crippen molar-refractivity contribution >= 4 is 11.9 Å². The summed E-state index contributed by atoms with van der Waals surface area (Å²) in [5.41, 5.74) is -0.725. The minimum Gasteiger partial charge on any atom is -0.465 e. The van der Waals surface area contributed by atoms with Crippen molar-refractivity contribution in [1.29, 1.82) is 0 Å². The number of ether oxygens (including phenoxy) is 1. The van der Waals surface area contributed by atoms with Crippen LogP contribution in [0.1, 0.15) is 52.4 Å². The SMILES string of the molecule is CC1CCC[C@](C)(O)CCCN(C)C(=O)CCOC1=O. The molecule has 1 N–H and O–H groups in total. The lowest BCUT2D eigenvalue weighted by Crippen LogP contribution is -2.32. The number of hydrogen-bond donors (Lipinski definition) is 1. The lowest BCUT2D eigenvalue weighted by atomic mass is 9.91. The van der Waals surface area contributed by atoms with Crippen LogP contribution in [0.4, 0.5) is 0 Å². The third kappa shape index (κ3) is 5.90. The molecule has 1 heterocycles. The normalized spacial score (nSPS) is 31.6. The van der Waals surface area contributed by atoms with Gasteiger partial charge in [0.15, 0.2) is 0 Å². The van der Waals surface area contributed by atoms with Crippen molar-refractivity contribution in [2.24, 2.45) is 5.92 Å². The first-order valence-electron chi connectivity index (χ1n) is 7.45. The summed E-state index contributed by atoms with van der Waals surface area (Å²) in [7, 11) is 1.74. The average molecular weight is 285 g/mol. The first-order valence-corrected chi connectivity index (χ1v) is 7.45. The van der Waals surface area contributed by atoms with E-state index >= 15 is 0 Å². The first-order chi connectivity index (χ1) is 9.32. The van der Waals surface area contributed by atoms with E-state index < -0.39 is 5.60 Å². The predicted molar refractivity (Wildman–Crippen MR) is 76.1 cm³/mol. The second kappa shape index (κ2) is 7.62. The van der Waals surface area contributed by atoms with E-state index in [2.05, 4.69) is 0 Å². The zero-order chi connectivity index (χ0) is 15.2. The lowest BCUT2D eigenvalue weighted by Gasteiger charge is -2.26. The average Bonchev–Trinajstić information content (AvgIpc) is 2.36. The van der Waals surface area contributed by atoms with Crippen molar-refractivity contribution in [3.8, 4) is 0 Å². The quantitative estimate of drug-likeness (QED) is 0.688. The van der Waals surface area contributed by atoms with Gasteiger partial charge < -0.3 is 14.7 Å². The molecule has 20 heavy (non-hydrogen) atoms. The van der Waals surface area contributed by atoms with Gasteiger partial charge in [0.25, 0.3) is 0 Å². The van der Waals surface area contributed by atoms with Crippen LogP contribution in [0.3, 0.4) is 0 Å². The summed E-state index contributed by atoms with van der Waals surface area (Å²) < 4.78 is 5.12. The molecule has 2 atom stereocenters. The fourth-order valence-electron chi connectivity index (χ4n) is 2.43. The van der Waals surface area contributed by atoms with E-state index in [1.807, 2.05) is 13.8 Å². The fraction of sp³-hybridized carbons (Fsp3) is 0.867. The molecule has 116 valence electrons. The Bertz CT molecular complexity index is 311. The smallest absolute Gasteiger partial charge is 0.308 e. The number of rotatable bonds is 0. The molecule has 1 aliphatic heterocycles. The number of nitrogens with zero attached hydrogens (tertiary/aromatic N) is 1. The highest BCUT2D eigenvalue weighted by Gasteiger charge is 2.23. The van der Waals surface area contributed by atoms with Crippen LogP contribution < -0.4 is 0 Å². The molecule has 0 saturated carbocycles. The third-order valence-corrected chi connectivity index (χ3v) is 3.95. The molecule has 1 aliphatic rings. The lowest BCUT2D eigenvalue weighted by molar-refractivity contribution is -0.149. The van der Waals surface area contributed by atoms with Crippen LogP contribution in [0, 0.1) is 5.92 Å². The summed E-state index contributed by atoms with van der Waals surface area (Å²) in [4.78, 5) is 25.2. The van der Waals surface area contributed by atoms with Crippen molar-refractivity contribution < 1.29 is 19.4 Å². The summed E-state index contributed by atoms with van der Waals surface area (Å²) in [6.07, 6.45) is 3.86. The largest absolute Gasteiger partial charge is 0.465 e. The molecule has 5 heteroatoms. The molecule has 1 rings (SSSR count). The van der Waals surface area contributed by atoms with E-state index in [9.17, 15) is 14.7 Å². The van der Waals surface area contributed by atoms with Gasteiger partial charge in [0.1, 0.15) is 6.61 Å². The summed E-state index contributed by atoms with van der Waals surface area (Å²) in [5, 5.41) is 10.3. The van der Waals surface area contributed by atoms with Crippen LogP contribution in [0.5, 0.6) is 0 Å². The van der Waals surface area contributed by atoms with Gasteiger partial charge in [-0.1, -0.05) is 6.92 Å². The van der Waals surface area contributed by atoms with Crippen LogP contribution in [0.2, 0.25) is 0 Å². The second-order valence-electron chi connectivity index (χ2n) is 6.13. The Balaban J connectivity index is 2.61. The number of aliphatic hydroxyl groups is 1. The molecule has 1 saturated heterocycles. The van der Waals surface area contributed by atoms with Crippen molar-refractivity contribution in [3.05, 3.63) is 0 Å². The molecule has 1 amide bonds. The van der Waals surface area contributed by atoms with Gasteiger partial charge in [-0.3, -0.25) is 9.59 Å². The number of carbonyl (C=O) groups is 2. The van der Waals surface area contributed by atoms with Gasteiger partial charge in [-0.25, -0.2) is 0 Å². The van der Waals surface area contributed by atoms with Gasteiger partial charge in [0.05, 0.1) is 17.9 Å². The minimum absolute atomic E-state index is 0.0258. The maximum absolute atomic E-state index is 11.8. The van der Waals surface area contributed by atoms with E-state index in [1.54, 1.807) is 11.9 Å². The minimum atomic E-state index is -0.725. The van der Waals surface area contributed by atoms with E-state index in [-0.39, 0.29) is 30.8 Å². The fourth-order valence-corrected chi connectivity index (χ4v) is 2.43. The summed E-state index contributed by atoms with van der Waals surface area (Å²) in [5.74, 6) is -0.458. The highest BCUT2D eigenvalue weighted by Crippen LogP contribution is 2.22. The van der Waals surface area contributed by atoms with Crippen molar-refractivity contribution in [3.63, 3.8) is 0 Å². The van der Waals surface area contributed by atoms with Crippen LogP contribution >= 0.6 is 0 Å². The highest BCUT2D eigenvalue weighted by atomic mass is 16.5. The van der Waals surface area contributed by atoms with Gasteiger partial charge in [-0.2, -0.15) is 0 Å². The van der Waals surface area contributed by atoms with Gasteiger partial charge >= 0.3 is 5.97 Å². The topological polar surface area (TPSA) is 66.8 Å². The highest BCUT2D eigenvalue weighted by molar-refractivity contribution is 5.77. The van der Waals surface area contributed by atoms with Crippen LogP contribution in [-0.2, 0) is 14.3 Å². The van der Waals surface area contributed by atoms with Gasteiger partial charge in [-0.05, 0) is 39.0 Å². The number of cyclic esters (lactones) is 1. The molecule has 0 bridgehead atoms. The maximum atomic E-state index is 11.8. The number of hydrogen-bond acceptors (Lipinski definition) is 4. The first kappa shape index (κ1) is 17.0. The van der Waals surface area contributed by atoms with Crippen LogP contribution in [-0.4, -0.2) is 47.7 Å². The molecule has 1 fully saturated rings. The van der Waals surface area contributed by atoms with Gasteiger partial charge in [-0.15, -0.1) is 0 Å². The van der Waals surface area contributed by atoms with Crippen molar-refractivity contribution in [2.75, 3.05) is 20.2 Å². The van der Waals surface area contributed by atoms with Crippen molar-refractivity contribution in [1.82, 2.24) is 4.90 Å². The number of amides is 1. The molecule has 0 aromatic heterocycles. The molecular weight excluding hydrogens is 258 g/mol. The maximum Gasteiger partial charge on any atom is 0.308 e. The summed E-state index contributed by atoms with van der Waals surface area (Å²) in [6.45, 7) is 4.43. The number of esters is 1. The predicted octanol–water partition coefficient (Wildman–Crippen LogP) is 1.73. The Morgan fingerprint density at radius 3 is 2.65 bits per heavy atom. The van der Waals surface area contributed by atoms with Gasteiger partial charge in [0, 0.05) is 13.6 Å². The summed E-state index contributed by atoms with van der Waals surface area (Å²) >= 11 is 0. The monoisotopic (exact) mass is 285 g/mol. The van der Waals surface area contributed by atoms with Crippen LogP contribution in [0.25, 0.3) is 0 Å². The standard InChI is InChI=1S/C15H27NO4/c1-12-6-4-8-15(2,19)9-5-10-16(3)13(17)7-11-20-14(12)18/h12,19H,4-11H2,1-3H3/t12?,15-/m0/s1. The molecular formula is C15H27NO4. The number of carbonyl (C=O) groups excluding carboxylic acids is 2. The Morgan fingerprint density at radius 1 is 1.30 bits per heavy atom. The molecule has 5 nitrogen and oxygen atoms in total. The van der Waals surface area contributed by atoms with E-state index in [0.29, 0.717) is 25.8 Å². The molecule has 0 spiro atoms. The molecule has 0 radical (unpaired) electrons. The molecule has 0 aromatic rings. The van der Waals surface area contributed by atoms with Crippen LogP contribution in [0.15, 0.2) is 0 Å². The Morgan fingerprint density at radius 2 is 1.95 bits per heavy atom. The molecule has 1 unspecified atom stereocenters. The zero-order valence-electron chi connectivity index (χ0n) is 12.9. The molecule has 0 aliphatic carbocycles. The van der Waals surface area contributed by atoms with E-state index in [1.165, 1.54) is 0 Å². The van der Waals surface area contributed by atoms with E-state index in [4.69, 9.17) is 4.74 Å². The second-order valence-corrected chi connectivity index (χ2v) is 6.13. The summed E-state index contributed by atoms with van der Waals surface area (Å²) in [6, 6.07) is 0. The Kier molecular flexibility index (Phi) is 6.46.